The number of nitrogens with zero attached hydrogens (tertiary/aromatic N) is 1. The van der Waals surface area contributed by atoms with Crippen molar-refractivity contribution in [3.05, 3.63) is 22.4 Å². The van der Waals surface area contributed by atoms with Gasteiger partial charge < -0.3 is 16.0 Å². The lowest BCUT2D eigenvalue weighted by Gasteiger charge is -2.21. The Hall–Kier alpha value is -1.56. The van der Waals surface area contributed by atoms with Gasteiger partial charge in [-0.15, -0.1) is 11.3 Å². The van der Waals surface area contributed by atoms with Crippen molar-refractivity contribution in [2.24, 2.45) is 10.9 Å². The molecule has 6 heteroatoms. The van der Waals surface area contributed by atoms with E-state index in [2.05, 4.69) is 45.4 Å². The highest BCUT2D eigenvalue weighted by atomic mass is 32.1. The van der Waals surface area contributed by atoms with Crippen LogP contribution in [0.4, 0.5) is 0 Å². The zero-order valence-corrected chi connectivity index (χ0v) is 16.3. The summed E-state index contributed by atoms with van der Waals surface area (Å²) in [6, 6.07) is 4.24. The first-order valence-electron chi connectivity index (χ1n) is 9.43. The number of nitrogens with one attached hydrogen (secondary N) is 3. The first-order valence-corrected chi connectivity index (χ1v) is 10.3. The van der Waals surface area contributed by atoms with Crippen molar-refractivity contribution >= 4 is 23.2 Å². The first-order chi connectivity index (χ1) is 12.2. The van der Waals surface area contributed by atoms with Crippen molar-refractivity contribution in [3.63, 3.8) is 0 Å². The van der Waals surface area contributed by atoms with E-state index in [0.29, 0.717) is 31.3 Å². The Morgan fingerprint density at radius 3 is 2.68 bits per heavy atom. The Balaban J connectivity index is 1.56. The molecule has 0 saturated heterocycles. The summed E-state index contributed by atoms with van der Waals surface area (Å²) in [6.07, 6.45) is 7.01. The van der Waals surface area contributed by atoms with E-state index in [-0.39, 0.29) is 5.91 Å². The summed E-state index contributed by atoms with van der Waals surface area (Å²) in [5, 5.41) is 11.7. The van der Waals surface area contributed by atoms with Gasteiger partial charge in [0.25, 0.3) is 0 Å². The standard InChI is InChI=1S/C19H32N4OS/c1-15(17-9-6-12-25-17)14-23-19(20-2)22-11-10-21-18(24)13-16-7-4-3-5-8-16/h6,9,12,15-16H,3-5,7-8,10-11,13-14H2,1-2H3,(H,21,24)(H2,20,22,23). The quantitative estimate of drug-likeness (QED) is 0.377. The zero-order chi connectivity index (χ0) is 17.9. The van der Waals surface area contributed by atoms with Gasteiger partial charge in [0.2, 0.25) is 5.91 Å². The molecule has 0 spiro atoms. The second kappa shape index (κ2) is 11.1. The average molecular weight is 365 g/mol. The molecule has 0 aliphatic heterocycles. The van der Waals surface area contributed by atoms with Crippen LogP contribution in [0.1, 0.15) is 56.2 Å². The number of rotatable bonds is 8. The first kappa shape index (κ1) is 19.8. The number of hydrogen-bond donors (Lipinski definition) is 3. The molecule has 1 unspecified atom stereocenters. The number of guanidine groups is 1. The third-order valence-corrected chi connectivity index (χ3v) is 5.87. The van der Waals surface area contributed by atoms with Gasteiger partial charge in [0, 0.05) is 43.9 Å². The van der Waals surface area contributed by atoms with Crippen LogP contribution in [0.2, 0.25) is 0 Å². The predicted octanol–water partition coefficient (Wildman–Crippen LogP) is 3.10. The van der Waals surface area contributed by atoms with E-state index >= 15 is 0 Å². The Kier molecular flexibility index (Phi) is 8.80. The van der Waals surface area contributed by atoms with E-state index in [1.807, 2.05) is 0 Å². The molecule has 140 valence electrons. The fraction of sp³-hybridized carbons (Fsp3) is 0.684. The molecule has 0 aromatic carbocycles. The van der Waals surface area contributed by atoms with Crippen LogP contribution in [0.15, 0.2) is 22.5 Å². The van der Waals surface area contributed by atoms with Gasteiger partial charge in [-0.1, -0.05) is 32.3 Å². The van der Waals surface area contributed by atoms with Crippen LogP contribution in [0.5, 0.6) is 0 Å². The van der Waals surface area contributed by atoms with E-state index in [1.165, 1.54) is 37.0 Å². The van der Waals surface area contributed by atoms with E-state index in [1.54, 1.807) is 18.4 Å². The van der Waals surface area contributed by atoms with Crippen molar-refractivity contribution in [1.82, 2.24) is 16.0 Å². The van der Waals surface area contributed by atoms with Gasteiger partial charge in [0.05, 0.1) is 0 Å². The lowest BCUT2D eigenvalue weighted by atomic mass is 9.87. The summed E-state index contributed by atoms with van der Waals surface area (Å²) in [6.45, 7) is 4.36. The molecule has 5 nitrogen and oxygen atoms in total. The summed E-state index contributed by atoms with van der Waals surface area (Å²) >= 11 is 1.78. The largest absolute Gasteiger partial charge is 0.356 e. The van der Waals surface area contributed by atoms with E-state index in [9.17, 15) is 4.79 Å². The third kappa shape index (κ3) is 7.46. The Morgan fingerprint density at radius 2 is 2.00 bits per heavy atom. The van der Waals surface area contributed by atoms with Crippen LogP contribution in [0, 0.1) is 5.92 Å². The maximum Gasteiger partial charge on any atom is 0.220 e. The van der Waals surface area contributed by atoms with Crippen LogP contribution < -0.4 is 16.0 Å². The molecule has 1 aliphatic rings. The maximum absolute atomic E-state index is 12.0. The summed E-state index contributed by atoms with van der Waals surface area (Å²) in [5.74, 6) is 2.01. The molecule has 1 aromatic heterocycles. The van der Waals surface area contributed by atoms with Gasteiger partial charge in [-0.3, -0.25) is 9.79 Å². The normalized spacial score (nSPS) is 17.1. The molecular formula is C19H32N4OS. The minimum absolute atomic E-state index is 0.183. The molecule has 0 radical (unpaired) electrons. The summed E-state index contributed by atoms with van der Waals surface area (Å²) in [5.41, 5.74) is 0. The highest BCUT2D eigenvalue weighted by Gasteiger charge is 2.16. The van der Waals surface area contributed by atoms with Crippen LogP contribution in [0.3, 0.4) is 0 Å². The molecule has 1 aromatic rings. The predicted molar refractivity (Wildman–Crippen MR) is 106 cm³/mol. The minimum Gasteiger partial charge on any atom is -0.356 e. The van der Waals surface area contributed by atoms with Crippen molar-refractivity contribution in [3.8, 4) is 0 Å². The number of thiophene rings is 1. The molecule has 25 heavy (non-hydrogen) atoms. The lowest BCUT2D eigenvalue weighted by Crippen LogP contribution is -2.42. The van der Waals surface area contributed by atoms with Gasteiger partial charge >= 0.3 is 0 Å². The Labute approximate surface area is 155 Å². The summed E-state index contributed by atoms with van der Waals surface area (Å²) < 4.78 is 0. The monoisotopic (exact) mass is 364 g/mol. The number of carbonyl (C=O) groups excluding carboxylic acids is 1. The van der Waals surface area contributed by atoms with E-state index < -0.39 is 0 Å². The van der Waals surface area contributed by atoms with Gasteiger partial charge in [0.15, 0.2) is 5.96 Å². The van der Waals surface area contributed by atoms with Crippen molar-refractivity contribution in [2.45, 2.75) is 51.4 Å². The average Bonchev–Trinajstić information content (AvgIpc) is 3.16. The number of amides is 1. The van der Waals surface area contributed by atoms with Crippen molar-refractivity contribution in [1.29, 1.82) is 0 Å². The van der Waals surface area contributed by atoms with Crippen LogP contribution in [-0.2, 0) is 4.79 Å². The van der Waals surface area contributed by atoms with Gasteiger partial charge in [-0.05, 0) is 30.2 Å². The van der Waals surface area contributed by atoms with Gasteiger partial charge in [-0.2, -0.15) is 0 Å². The SMILES string of the molecule is CN=C(NCCNC(=O)CC1CCCCC1)NCC(C)c1cccs1. The molecule has 0 bridgehead atoms. The van der Waals surface area contributed by atoms with Crippen molar-refractivity contribution in [2.75, 3.05) is 26.7 Å². The second-order valence-electron chi connectivity index (χ2n) is 6.85. The second-order valence-corrected chi connectivity index (χ2v) is 7.83. The number of carbonyl (C=O) groups is 1. The van der Waals surface area contributed by atoms with Crippen LogP contribution >= 0.6 is 11.3 Å². The summed E-state index contributed by atoms with van der Waals surface area (Å²) in [4.78, 5) is 17.6. The Morgan fingerprint density at radius 1 is 1.24 bits per heavy atom. The molecule has 3 N–H and O–H groups in total. The molecular weight excluding hydrogens is 332 g/mol. The summed E-state index contributed by atoms with van der Waals surface area (Å²) in [7, 11) is 1.77. The fourth-order valence-corrected chi connectivity index (χ4v) is 4.04. The molecule has 1 aliphatic carbocycles. The highest BCUT2D eigenvalue weighted by molar-refractivity contribution is 7.10. The Bertz CT molecular complexity index is 524. The third-order valence-electron chi connectivity index (χ3n) is 4.77. The molecule has 1 atom stereocenters. The van der Waals surface area contributed by atoms with Crippen LogP contribution in [-0.4, -0.2) is 38.5 Å². The van der Waals surface area contributed by atoms with Crippen molar-refractivity contribution < 1.29 is 4.79 Å². The number of hydrogen-bond acceptors (Lipinski definition) is 3. The minimum atomic E-state index is 0.183. The molecule has 1 saturated carbocycles. The number of aliphatic imine (C=N–C) groups is 1. The smallest absolute Gasteiger partial charge is 0.220 e. The highest BCUT2D eigenvalue weighted by Crippen LogP contribution is 2.26. The van der Waals surface area contributed by atoms with Crippen LogP contribution in [0.25, 0.3) is 0 Å². The molecule has 1 heterocycles. The van der Waals surface area contributed by atoms with E-state index in [4.69, 9.17) is 0 Å². The maximum atomic E-state index is 12.0. The van der Waals surface area contributed by atoms with E-state index in [0.717, 1.165) is 12.5 Å². The van der Waals surface area contributed by atoms with Gasteiger partial charge in [-0.25, -0.2) is 0 Å². The molecule has 2 rings (SSSR count). The topological polar surface area (TPSA) is 65.5 Å². The van der Waals surface area contributed by atoms with Gasteiger partial charge in [0.1, 0.15) is 0 Å². The molecule has 1 fully saturated rings. The molecule has 1 amide bonds. The lowest BCUT2D eigenvalue weighted by molar-refractivity contribution is -0.122. The zero-order valence-electron chi connectivity index (χ0n) is 15.5. The fourth-order valence-electron chi connectivity index (χ4n) is 3.25.